The lowest BCUT2D eigenvalue weighted by molar-refractivity contribution is 0.0920. The van der Waals surface area contributed by atoms with E-state index in [0.717, 1.165) is 29.9 Å². The van der Waals surface area contributed by atoms with E-state index in [2.05, 4.69) is 10.3 Å². The Bertz CT molecular complexity index is 752. The van der Waals surface area contributed by atoms with E-state index in [0.29, 0.717) is 12.3 Å². The van der Waals surface area contributed by atoms with Crippen molar-refractivity contribution >= 4 is 29.4 Å². The number of aryl methyl sites for hydroxylation is 1. The van der Waals surface area contributed by atoms with Gasteiger partial charge in [0.05, 0.1) is 16.3 Å². The van der Waals surface area contributed by atoms with Crippen molar-refractivity contribution in [3.63, 3.8) is 0 Å². The first-order chi connectivity index (χ1) is 11.7. The number of hydrogen-bond acceptors (Lipinski definition) is 5. The molecule has 1 saturated heterocycles. The largest absolute Gasteiger partial charge is 0.455 e. The summed E-state index contributed by atoms with van der Waals surface area (Å²) in [6, 6.07) is 5.69. The number of rotatable bonds is 3. The molecule has 0 saturated carbocycles. The van der Waals surface area contributed by atoms with Gasteiger partial charge in [-0.2, -0.15) is 0 Å². The molecule has 1 amide bonds. The molecule has 2 aliphatic rings. The molecule has 0 aromatic carbocycles. The van der Waals surface area contributed by atoms with Crippen molar-refractivity contribution < 1.29 is 9.21 Å². The van der Waals surface area contributed by atoms with Crippen LogP contribution in [0.2, 0.25) is 0 Å². The first-order valence-corrected chi connectivity index (χ1v) is 10.3. The van der Waals surface area contributed by atoms with E-state index in [1.54, 1.807) is 6.20 Å². The van der Waals surface area contributed by atoms with E-state index in [-0.39, 0.29) is 9.99 Å². The van der Waals surface area contributed by atoms with Crippen LogP contribution in [0, 0.1) is 6.92 Å². The Morgan fingerprint density at radius 3 is 2.96 bits per heavy atom. The molecule has 24 heavy (non-hydrogen) atoms. The van der Waals surface area contributed by atoms with Gasteiger partial charge in [-0.05, 0) is 31.9 Å². The maximum atomic E-state index is 12.6. The minimum atomic E-state index is -0.143. The number of hydrogen-bond donors (Lipinski definition) is 1. The van der Waals surface area contributed by atoms with Crippen LogP contribution >= 0.6 is 23.5 Å². The smallest absolute Gasteiger partial charge is 0.287 e. The van der Waals surface area contributed by atoms with Gasteiger partial charge >= 0.3 is 0 Å². The Morgan fingerprint density at radius 1 is 1.38 bits per heavy atom. The molecule has 1 spiro atoms. The Morgan fingerprint density at radius 2 is 2.21 bits per heavy atom. The van der Waals surface area contributed by atoms with Crippen LogP contribution in [0.5, 0.6) is 0 Å². The zero-order chi connectivity index (χ0) is 16.6. The number of carbonyl (C=O) groups is 1. The van der Waals surface area contributed by atoms with E-state index in [1.165, 1.54) is 23.5 Å². The highest BCUT2D eigenvalue weighted by Crippen LogP contribution is 2.59. The summed E-state index contributed by atoms with van der Waals surface area (Å²) in [6.07, 6.45) is 4.98. The summed E-state index contributed by atoms with van der Waals surface area (Å²) in [5, 5.41) is 2.94. The fourth-order valence-electron chi connectivity index (χ4n) is 3.57. The molecule has 4 rings (SSSR count). The Labute approximate surface area is 150 Å². The van der Waals surface area contributed by atoms with Crippen LogP contribution in [0.4, 0.5) is 0 Å². The fraction of sp³-hybridized carbons (Fsp3) is 0.444. The first kappa shape index (κ1) is 16.1. The number of furan rings is 1. The molecule has 0 unspecified atom stereocenters. The van der Waals surface area contributed by atoms with Crippen LogP contribution in [0.15, 0.2) is 28.8 Å². The molecule has 2 aromatic heterocycles. The maximum Gasteiger partial charge on any atom is 0.287 e. The Kier molecular flexibility index (Phi) is 4.35. The van der Waals surface area contributed by atoms with Crippen LogP contribution in [0.1, 0.15) is 46.0 Å². The summed E-state index contributed by atoms with van der Waals surface area (Å²) in [4.78, 5) is 16.9. The second kappa shape index (κ2) is 6.48. The molecular formula is C18H20N2O2S2. The third-order valence-corrected chi connectivity index (χ3v) is 8.16. The number of nitrogens with zero attached hydrogens (tertiary/aromatic N) is 1. The quantitative estimate of drug-likeness (QED) is 0.900. The van der Waals surface area contributed by atoms with Gasteiger partial charge in [-0.15, -0.1) is 23.5 Å². The highest BCUT2D eigenvalue weighted by Gasteiger charge is 2.45. The molecule has 4 nitrogen and oxygen atoms in total. The van der Waals surface area contributed by atoms with E-state index >= 15 is 0 Å². The van der Waals surface area contributed by atoms with Crippen molar-refractivity contribution in [1.82, 2.24) is 10.3 Å². The van der Waals surface area contributed by atoms with E-state index in [9.17, 15) is 4.79 Å². The van der Waals surface area contributed by atoms with Gasteiger partial charge in [-0.1, -0.05) is 6.07 Å². The molecule has 126 valence electrons. The SMILES string of the molecule is Cc1c(C(=O)NCc2ccccn2)oc2c1C1(CCC2)SCCS1. The molecule has 1 aliphatic heterocycles. The van der Waals surface area contributed by atoms with Gasteiger partial charge in [-0.25, -0.2) is 0 Å². The van der Waals surface area contributed by atoms with Crippen molar-refractivity contribution in [1.29, 1.82) is 0 Å². The summed E-state index contributed by atoms with van der Waals surface area (Å²) in [5.41, 5.74) is 3.15. The van der Waals surface area contributed by atoms with Crippen molar-refractivity contribution in [2.24, 2.45) is 0 Å². The normalized spacial score (nSPS) is 18.5. The molecule has 1 fully saturated rings. The molecule has 0 radical (unpaired) electrons. The number of carbonyl (C=O) groups excluding carboxylic acids is 1. The van der Waals surface area contributed by atoms with Crippen molar-refractivity contribution in [3.05, 3.63) is 52.7 Å². The number of thioether (sulfide) groups is 2. The second-order valence-electron chi connectivity index (χ2n) is 6.16. The summed E-state index contributed by atoms with van der Waals surface area (Å²) in [7, 11) is 0. The minimum Gasteiger partial charge on any atom is -0.455 e. The Hall–Kier alpha value is -1.40. The molecular weight excluding hydrogens is 340 g/mol. The predicted molar refractivity (Wildman–Crippen MR) is 98.4 cm³/mol. The van der Waals surface area contributed by atoms with E-state index in [4.69, 9.17) is 4.42 Å². The van der Waals surface area contributed by atoms with Gasteiger partial charge in [0.1, 0.15) is 5.76 Å². The summed E-state index contributed by atoms with van der Waals surface area (Å²) < 4.78 is 6.13. The Balaban J connectivity index is 1.58. The van der Waals surface area contributed by atoms with Crippen LogP contribution < -0.4 is 5.32 Å². The summed E-state index contributed by atoms with van der Waals surface area (Å²) >= 11 is 4.04. The average Bonchev–Trinajstić information content (AvgIpc) is 3.20. The molecule has 1 N–H and O–H groups in total. The highest BCUT2D eigenvalue weighted by molar-refractivity contribution is 8.20. The van der Waals surface area contributed by atoms with Gasteiger partial charge in [0.25, 0.3) is 5.91 Å². The number of fused-ring (bicyclic) bond motifs is 2. The molecule has 0 atom stereocenters. The number of aromatic nitrogens is 1. The number of nitrogens with one attached hydrogen (secondary N) is 1. The van der Waals surface area contributed by atoms with Crippen LogP contribution in [0.25, 0.3) is 0 Å². The lowest BCUT2D eigenvalue weighted by atomic mass is 9.94. The highest BCUT2D eigenvalue weighted by atomic mass is 32.2. The zero-order valence-electron chi connectivity index (χ0n) is 13.6. The molecule has 3 heterocycles. The fourth-order valence-corrected chi connectivity index (χ4v) is 7.13. The number of pyridine rings is 1. The lowest BCUT2D eigenvalue weighted by Gasteiger charge is -2.31. The van der Waals surface area contributed by atoms with Crippen LogP contribution in [0.3, 0.4) is 0 Å². The summed E-state index contributed by atoms with van der Waals surface area (Å²) in [5.74, 6) is 3.70. The molecule has 0 bridgehead atoms. The van der Waals surface area contributed by atoms with Crippen molar-refractivity contribution in [2.45, 2.75) is 36.8 Å². The zero-order valence-corrected chi connectivity index (χ0v) is 15.3. The van der Waals surface area contributed by atoms with Gasteiger partial charge in [0, 0.05) is 35.3 Å². The first-order valence-electron chi connectivity index (χ1n) is 8.28. The third-order valence-electron chi connectivity index (χ3n) is 4.63. The lowest BCUT2D eigenvalue weighted by Crippen LogP contribution is -2.24. The van der Waals surface area contributed by atoms with Crippen molar-refractivity contribution in [2.75, 3.05) is 11.5 Å². The summed E-state index contributed by atoms with van der Waals surface area (Å²) in [6.45, 7) is 2.45. The average molecular weight is 361 g/mol. The maximum absolute atomic E-state index is 12.6. The van der Waals surface area contributed by atoms with Gasteiger partial charge in [-0.3, -0.25) is 9.78 Å². The van der Waals surface area contributed by atoms with Gasteiger partial charge in [0.15, 0.2) is 5.76 Å². The third kappa shape index (κ3) is 2.75. The van der Waals surface area contributed by atoms with E-state index < -0.39 is 0 Å². The molecule has 6 heteroatoms. The number of amides is 1. The monoisotopic (exact) mass is 360 g/mol. The predicted octanol–water partition coefficient (Wildman–Crippen LogP) is 3.88. The minimum absolute atomic E-state index is 0.112. The van der Waals surface area contributed by atoms with E-state index in [1.807, 2.05) is 48.6 Å². The topological polar surface area (TPSA) is 55.1 Å². The van der Waals surface area contributed by atoms with Crippen LogP contribution in [-0.4, -0.2) is 22.4 Å². The van der Waals surface area contributed by atoms with Crippen molar-refractivity contribution in [3.8, 4) is 0 Å². The second-order valence-corrected chi connectivity index (χ2v) is 9.21. The molecule has 1 aliphatic carbocycles. The van der Waals surface area contributed by atoms with Gasteiger partial charge in [0.2, 0.25) is 0 Å². The standard InChI is InChI=1S/C18H20N2O2S2/c1-12-15-14(6-4-7-18(15)23-9-10-24-18)22-16(12)17(21)20-11-13-5-2-3-8-19-13/h2-3,5,8H,4,6-7,9-11H2,1H3,(H,20,21). The van der Waals surface area contributed by atoms with Crippen LogP contribution in [-0.2, 0) is 17.0 Å². The molecule has 2 aromatic rings. The van der Waals surface area contributed by atoms with Gasteiger partial charge < -0.3 is 9.73 Å².